The molecular formula is C25H28FN5O3. The number of anilines is 1. The number of nitrogens with zero attached hydrogens (tertiary/aromatic N) is 3. The molecule has 0 spiro atoms. The molecule has 0 aliphatic heterocycles. The Kier molecular flexibility index (Phi) is 6.90. The van der Waals surface area contributed by atoms with E-state index in [-0.39, 0.29) is 29.0 Å². The monoisotopic (exact) mass is 465 g/mol. The van der Waals surface area contributed by atoms with Crippen molar-refractivity contribution >= 4 is 17.5 Å². The minimum absolute atomic E-state index is 0.00508. The van der Waals surface area contributed by atoms with Gasteiger partial charge in [-0.25, -0.2) is 4.39 Å². The van der Waals surface area contributed by atoms with Crippen LogP contribution < -0.4 is 15.4 Å². The van der Waals surface area contributed by atoms with Crippen LogP contribution in [0.25, 0.3) is 11.1 Å². The Morgan fingerprint density at radius 3 is 2.62 bits per heavy atom. The molecule has 2 heterocycles. The van der Waals surface area contributed by atoms with Crippen molar-refractivity contribution in [3.05, 3.63) is 71.2 Å². The van der Waals surface area contributed by atoms with E-state index >= 15 is 0 Å². The standard InChI is InChI=1S/C25H28FN5O3/c1-16-19(9-6-14-31(16)34)20-11-10-18(15-21(20)26)28-25(33)23(17-7-4-3-5-8-17)29-24(32)22-12-13-27-30(22)2/h6,9-15,17,23H,3-5,7-8H2,1-2H3,(H,28,33)(H,29,32)/t23-/m0/s1. The van der Waals surface area contributed by atoms with E-state index in [4.69, 9.17) is 0 Å². The quantitative estimate of drug-likeness (QED) is 0.430. The third-order valence-electron chi connectivity index (χ3n) is 6.48. The summed E-state index contributed by atoms with van der Waals surface area (Å²) in [6.07, 6.45) is 7.65. The van der Waals surface area contributed by atoms with Gasteiger partial charge in [-0.3, -0.25) is 14.3 Å². The van der Waals surface area contributed by atoms with Gasteiger partial charge in [0.15, 0.2) is 11.9 Å². The molecular weight excluding hydrogens is 437 g/mol. The highest BCUT2D eigenvalue weighted by Gasteiger charge is 2.32. The van der Waals surface area contributed by atoms with E-state index in [0.29, 0.717) is 21.7 Å². The van der Waals surface area contributed by atoms with Gasteiger partial charge in [0.05, 0.1) is 5.56 Å². The van der Waals surface area contributed by atoms with E-state index in [2.05, 4.69) is 15.7 Å². The molecule has 1 fully saturated rings. The minimum Gasteiger partial charge on any atom is -0.618 e. The van der Waals surface area contributed by atoms with Gasteiger partial charge in [-0.1, -0.05) is 19.3 Å². The molecule has 8 nitrogen and oxygen atoms in total. The molecule has 1 aliphatic rings. The van der Waals surface area contributed by atoms with E-state index in [1.807, 2.05) is 0 Å². The van der Waals surface area contributed by atoms with Crippen LogP contribution in [0.15, 0.2) is 48.8 Å². The number of rotatable bonds is 6. The third kappa shape index (κ3) is 4.93. The number of halogens is 1. The van der Waals surface area contributed by atoms with Gasteiger partial charge in [0.25, 0.3) is 5.91 Å². The average Bonchev–Trinajstić information content (AvgIpc) is 3.26. The van der Waals surface area contributed by atoms with Crippen molar-refractivity contribution in [1.82, 2.24) is 15.1 Å². The molecule has 2 aromatic heterocycles. The van der Waals surface area contributed by atoms with Gasteiger partial charge in [0.1, 0.15) is 17.6 Å². The Balaban J connectivity index is 1.55. The molecule has 4 rings (SSSR count). The molecule has 0 unspecified atom stereocenters. The first-order valence-electron chi connectivity index (χ1n) is 11.4. The Morgan fingerprint density at radius 2 is 1.94 bits per heavy atom. The number of hydrogen-bond donors (Lipinski definition) is 2. The van der Waals surface area contributed by atoms with Crippen molar-refractivity contribution in [1.29, 1.82) is 0 Å². The molecule has 1 saturated carbocycles. The second kappa shape index (κ2) is 10.0. The summed E-state index contributed by atoms with van der Waals surface area (Å²) >= 11 is 0. The van der Waals surface area contributed by atoms with Crippen molar-refractivity contribution in [2.45, 2.75) is 45.1 Å². The van der Waals surface area contributed by atoms with Gasteiger partial charge >= 0.3 is 0 Å². The first kappa shape index (κ1) is 23.4. The van der Waals surface area contributed by atoms with Crippen LogP contribution in [0.4, 0.5) is 10.1 Å². The summed E-state index contributed by atoms with van der Waals surface area (Å²) in [5.41, 5.74) is 1.78. The summed E-state index contributed by atoms with van der Waals surface area (Å²) in [6.45, 7) is 1.62. The molecule has 0 saturated heterocycles. The molecule has 178 valence electrons. The topological polar surface area (TPSA) is 103 Å². The number of pyridine rings is 1. The van der Waals surface area contributed by atoms with Gasteiger partial charge in [0.2, 0.25) is 5.91 Å². The maximum absolute atomic E-state index is 15.0. The van der Waals surface area contributed by atoms with Gasteiger partial charge in [-0.15, -0.1) is 0 Å². The van der Waals surface area contributed by atoms with E-state index in [9.17, 15) is 19.2 Å². The van der Waals surface area contributed by atoms with E-state index in [0.717, 1.165) is 32.1 Å². The predicted molar refractivity (Wildman–Crippen MR) is 125 cm³/mol. The molecule has 1 aliphatic carbocycles. The first-order chi connectivity index (χ1) is 16.3. The summed E-state index contributed by atoms with van der Waals surface area (Å²) in [7, 11) is 1.66. The highest BCUT2D eigenvalue weighted by Crippen LogP contribution is 2.29. The van der Waals surface area contributed by atoms with Crippen LogP contribution in [0.5, 0.6) is 0 Å². The largest absolute Gasteiger partial charge is 0.618 e. The van der Waals surface area contributed by atoms with Crippen LogP contribution >= 0.6 is 0 Å². The molecule has 2 N–H and O–H groups in total. The summed E-state index contributed by atoms with van der Waals surface area (Å²) in [5, 5.41) is 21.5. The average molecular weight is 466 g/mol. The summed E-state index contributed by atoms with van der Waals surface area (Å²) < 4.78 is 17.1. The maximum Gasteiger partial charge on any atom is 0.270 e. The highest BCUT2D eigenvalue weighted by atomic mass is 19.1. The Hall–Kier alpha value is -3.75. The molecule has 9 heteroatoms. The van der Waals surface area contributed by atoms with Crippen LogP contribution in [0.1, 0.15) is 48.3 Å². The van der Waals surface area contributed by atoms with Crippen LogP contribution in [0.2, 0.25) is 0 Å². The van der Waals surface area contributed by atoms with Crippen LogP contribution in [-0.2, 0) is 11.8 Å². The number of benzene rings is 1. The lowest BCUT2D eigenvalue weighted by atomic mass is 9.83. The second-order valence-electron chi connectivity index (χ2n) is 8.71. The van der Waals surface area contributed by atoms with Crippen molar-refractivity contribution in [2.75, 3.05) is 5.32 Å². The van der Waals surface area contributed by atoms with Crippen LogP contribution in [0, 0.1) is 23.9 Å². The Labute approximate surface area is 197 Å². The number of amides is 2. The second-order valence-corrected chi connectivity index (χ2v) is 8.71. The normalized spacial score (nSPS) is 15.0. The SMILES string of the molecule is Cc1c(-c2ccc(NC(=O)[C@@H](NC(=O)c3ccnn3C)C3CCCCC3)cc2F)ccc[n+]1[O-]. The number of carbonyl (C=O) groups excluding carboxylic acids is 2. The molecule has 2 amide bonds. The lowest BCUT2D eigenvalue weighted by Crippen LogP contribution is -2.49. The molecule has 1 atom stereocenters. The molecule has 0 bridgehead atoms. The first-order valence-corrected chi connectivity index (χ1v) is 11.4. The van der Waals surface area contributed by atoms with Crippen LogP contribution in [0.3, 0.4) is 0 Å². The Bertz CT molecular complexity index is 1200. The molecule has 3 aromatic rings. The smallest absolute Gasteiger partial charge is 0.270 e. The fourth-order valence-corrected chi connectivity index (χ4v) is 4.56. The molecule has 1 aromatic carbocycles. The van der Waals surface area contributed by atoms with Crippen molar-refractivity contribution in [2.24, 2.45) is 13.0 Å². The lowest BCUT2D eigenvalue weighted by Gasteiger charge is -2.30. The zero-order valence-corrected chi connectivity index (χ0v) is 19.3. The number of aryl methyl sites for hydroxylation is 1. The third-order valence-corrected chi connectivity index (χ3v) is 6.48. The zero-order valence-electron chi connectivity index (χ0n) is 19.3. The number of carbonyl (C=O) groups is 2. The van der Waals surface area contributed by atoms with Crippen molar-refractivity contribution < 1.29 is 18.7 Å². The van der Waals surface area contributed by atoms with Crippen molar-refractivity contribution in [3.8, 4) is 11.1 Å². The molecule has 34 heavy (non-hydrogen) atoms. The highest BCUT2D eigenvalue weighted by molar-refractivity contribution is 6.00. The predicted octanol–water partition coefficient (Wildman–Crippen LogP) is 3.49. The number of aromatic nitrogens is 3. The zero-order chi connectivity index (χ0) is 24.2. The summed E-state index contributed by atoms with van der Waals surface area (Å²) in [4.78, 5) is 26.1. The fourth-order valence-electron chi connectivity index (χ4n) is 4.56. The minimum atomic E-state index is -0.749. The summed E-state index contributed by atoms with van der Waals surface area (Å²) in [6, 6.07) is 8.45. The number of nitrogens with one attached hydrogen (secondary N) is 2. The lowest BCUT2D eigenvalue weighted by molar-refractivity contribution is -0.611. The van der Waals surface area contributed by atoms with E-state index < -0.39 is 11.9 Å². The molecule has 0 radical (unpaired) electrons. The number of hydrogen-bond acceptors (Lipinski definition) is 4. The van der Waals surface area contributed by atoms with Crippen molar-refractivity contribution in [3.63, 3.8) is 0 Å². The fraction of sp³-hybridized carbons (Fsp3) is 0.360. The van der Waals surface area contributed by atoms with Crippen LogP contribution in [-0.4, -0.2) is 27.6 Å². The van der Waals surface area contributed by atoms with E-state index in [1.54, 1.807) is 38.2 Å². The maximum atomic E-state index is 15.0. The summed E-state index contributed by atoms with van der Waals surface area (Å²) in [5.74, 6) is -1.32. The van der Waals surface area contributed by atoms with Gasteiger partial charge < -0.3 is 15.8 Å². The van der Waals surface area contributed by atoms with Gasteiger partial charge in [-0.05, 0) is 49.1 Å². The van der Waals surface area contributed by atoms with Gasteiger partial charge in [-0.2, -0.15) is 9.83 Å². The van der Waals surface area contributed by atoms with Gasteiger partial charge in [0, 0.05) is 37.5 Å². The van der Waals surface area contributed by atoms with E-state index in [1.165, 1.54) is 29.2 Å². The Morgan fingerprint density at radius 1 is 1.18 bits per heavy atom.